The van der Waals surface area contributed by atoms with Crippen LogP contribution in [0.3, 0.4) is 0 Å². The molecule has 0 aromatic heterocycles. The minimum atomic E-state index is -1.07. The SMILES string of the molecule is CC(C)(C)OC(=O)N[C@@H](CCC(=O)OCc1ccccc1)C(=O)OCCCCCCCCCCCCNC(=O)[C@@H]1CN(C(=O)c2ccc(C(=O)N3C[C@@H](C(=O)N[C@H]4C[C@@H]4c4ccccc4)[C@H](C(=O)N[C@H]4C[C@@H]4c4ccccc4)C3)cc2)C[C@H]1C(=O)N[C@H]1C[C@@H]1c1ccccc1. The summed E-state index contributed by atoms with van der Waals surface area (Å²) in [4.78, 5) is 126. The van der Waals surface area contributed by atoms with Crippen LogP contribution in [0.4, 0.5) is 4.79 Å². The smallest absolute Gasteiger partial charge is 0.408 e. The Morgan fingerprint density at radius 3 is 1.25 bits per heavy atom. The number of likely N-dealkylation sites (tertiary alicyclic amines) is 2. The zero-order valence-electron chi connectivity index (χ0n) is 55.1. The Labute approximate surface area is 557 Å². The molecule has 0 bridgehead atoms. The number of amides is 7. The van der Waals surface area contributed by atoms with E-state index in [1.807, 2.05) is 97.1 Å². The number of unbranched alkanes of at least 4 members (excludes halogenated alkanes) is 9. The highest BCUT2D eigenvalue weighted by Crippen LogP contribution is 2.44. The summed E-state index contributed by atoms with van der Waals surface area (Å²) in [5.74, 6) is -5.38. The van der Waals surface area contributed by atoms with E-state index in [0.717, 1.165) is 99.3 Å². The van der Waals surface area contributed by atoms with Crippen molar-refractivity contribution >= 4 is 53.5 Å². The van der Waals surface area contributed by atoms with Gasteiger partial charge in [0.15, 0.2) is 0 Å². The second kappa shape index (κ2) is 33.0. The van der Waals surface area contributed by atoms with E-state index in [1.54, 1.807) is 54.8 Å². The van der Waals surface area contributed by atoms with Gasteiger partial charge in [-0.1, -0.05) is 173 Å². The second-order valence-corrected chi connectivity index (χ2v) is 27.4. The number of rotatable bonds is 32. The topological polar surface area (TPSA) is 248 Å². The third kappa shape index (κ3) is 20.1. The molecule has 11 atom stereocenters. The van der Waals surface area contributed by atoms with Crippen molar-refractivity contribution in [2.45, 2.75) is 171 Å². The summed E-state index contributed by atoms with van der Waals surface area (Å²) >= 11 is 0. The largest absolute Gasteiger partial charge is 0.464 e. The molecular weight excluding hydrogens is 1200 g/mol. The summed E-state index contributed by atoms with van der Waals surface area (Å²) in [7, 11) is 0. The van der Waals surface area contributed by atoms with E-state index in [9.17, 15) is 43.2 Å². The normalized spacial score (nSPS) is 22.7. The number of carbonyl (C=O) groups is 9. The van der Waals surface area contributed by atoms with Gasteiger partial charge in [-0.3, -0.25) is 33.6 Å². The first-order chi connectivity index (χ1) is 46.0. The standard InChI is InChI=1S/C76H93N7O12/c1-76(2,3)95-75(92)81-63(38-39-67(84)94-49-50-26-16-12-17-27-50)74(91)93-41-25-11-9-7-5-4-6-8-10-24-40-77-68(85)59-45-82(46-60(59)69(86)78-64-42-56(64)51-28-18-13-19-29-51)72(89)54-34-36-55(37-35-54)73(90)83-47-61(70(87)79-65-43-57(65)52-30-20-14-21-31-52)62(48-83)71(88)80-66-44-58(66)53-32-22-15-23-33-53/h12-23,26-37,56-66H,4-11,24-25,38-49H2,1-3H3,(H,77,85)(H,78,86)(H,79,87)(H,80,88)(H,81,92)/t56-,57-,58-,59-,60-,61-,62-,63+,64+,65+,66+/m1/s1. The number of alkyl carbamates (subject to hydrolysis) is 1. The molecule has 3 aliphatic carbocycles. The Kier molecular flexibility index (Phi) is 24.0. The van der Waals surface area contributed by atoms with Crippen LogP contribution in [0.5, 0.6) is 0 Å². The molecule has 0 radical (unpaired) electrons. The molecule has 0 unspecified atom stereocenters. The zero-order valence-corrected chi connectivity index (χ0v) is 55.1. The number of nitrogens with zero attached hydrogens (tertiary/aromatic N) is 2. The summed E-state index contributed by atoms with van der Waals surface area (Å²) in [5, 5.41) is 15.2. The molecule has 19 heteroatoms. The van der Waals surface area contributed by atoms with Crippen LogP contribution in [0, 0.1) is 23.7 Å². The van der Waals surface area contributed by atoms with Gasteiger partial charge in [-0.15, -0.1) is 0 Å². The maximum atomic E-state index is 14.3. The summed E-state index contributed by atoms with van der Waals surface area (Å²) in [6.45, 7) is 6.11. The summed E-state index contributed by atoms with van der Waals surface area (Å²) < 4.78 is 16.2. The third-order valence-electron chi connectivity index (χ3n) is 18.9. The number of ether oxygens (including phenoxy) is 3. The van der Waals surface area contributed by atoms with E-state index in [1.165, 1.54) is 0 Å². The number of carbonyl (C=O) groups excluding carboxylic acids is 9. The molecule has 5 N–H and O–H groups in total. The van der Waals surface area contributed by atoms with Crippen molar-refractivity contribution in [3.8, 4) is 0 Å². The first-order valence-electron chi connectivity index (χ1n) is 34.3. The third-order valence-corrected chi connectivity index (χ3v) is 18.9. The molecule has 2 aliphatic heterocycles. The Morgan fingerprint density at radius 1 is 0.463 bits per heavy atom. The number of hydrogen-bond donors (Lipinski definition) is 5. The molecule has 19 nitrogen and oxygen atoms in total. The maximum absolute atomic E-state index is 14.3. The van der Waals surface area contributed by atoms with E-state index in [-0.39, 0.29) is 124 Å². The van der Waals surface area contributed by atoms with E-state index in [0.29, 0.717) is 24.1 Å². The van der Waals surface area contributed by atoms with Crippen LogP contribution in [0.1, 0.15) is 178 Å². The summed E-state index contributed by atoms with van der Waals surface area (Å²) in [6, 6.07) is 44.4. The highest BCUT2D eigenvalue weighted by atomic mass is 16.6. The molecule has 504 valence electrons. The van der Waals surface area contributed by atoms with Crippen LogP contribution >= 0.6 is 0 Å². The van der Waals surface area contributed by atoms with Crippen molar-refractivity contribution in [1.82, 2.24) is 36.4 Å². The van der Waals surface area contributed by atoms with Crippen LogP contribution in [0.25, 0.3) is 0 Å². The molecule has 5 fully saturated rings. The predicted octanol–water partition coefficient (Wildman–Crippen LogP) is 10.1. The van der Waals surface area contributed by atoms with Gasteiger partial charge < -0.3 is 50.6 Å². The highest BCUT2D eigenvalue weighted by molar-refractivity contribution is 6.00. The molecule has 5 aromatic rings. The summed E-state index contributed by atoms with van der Waals surface area (Å²) in [5.41, 5.74) is 4.10. The van der Waals surface area contributed by atoms with Gasteiger partial charge in [-0.2, -0.15) is 0 Å². The fourth-order valence-corrected chi connectivity index (χ4v) is 13.3. The van der Waals surface area contributed by atoms with Gasteiger partial charge >= 0.3 is 18.0 Å². The number of nitrogens with one attached hydrogen (secondary N) is 5. The molecule has 2 saturated heterocycles. The highest BCUT2D eigenvalue weighted by Gasteiger charge is 2.50. The lowest BCUT2D eigenvalue weighted by molar-refractivity contribution is -0.148. The fraction of sp³-hybridized carbons (Fsp3) is 0.487. The fourth-order valence-electron chi connectivity index (χ4n) is 13.3. The van der Waals surface area contributed by atoms with Crippen molar-refractivity contribution in [2.75, 3.05) is 39.3 Å². The molecule has 10 rings (SSSR count). The van der Waals surface area contributed by atoms with E-state index in [2.05, 4.69) is 50.8 Å². The molecular formula is C76H93N7O12. The van der Waals surface area contributed by atoms with Gasteiger partial charge in [0.1, 0.15) is 18.2 Å². The minimum absolute atomic E-state index is 0.000107. The number of benzene rings is 5. The Bertz CT molecular complexity index is 3350. The molecule has 7 amide bonds. The number of hydrogen-bond acceptors (Lipinski definition) is 12. The average molecular weight is 1300 g/mol. The van der Waals surface area contributed by atoms with Crippen LogP contribution in [-0.4, -0.2) is 132 Å². The Morgan fingerprint density at radius 2 is 0.842 bits per heavy atom. The summed E-state index contributed by atoms with van der Waals surface area (Å²) in [6.07, 6.45) is 10.9. The van der Waals surface area contributed by atoms with Crippen LogP contribution in [0.15, 0.2) is 146 Å². The molecule has 5 aromatic carbocycles. The lowest BCUT2D eigenvalue weighted by Crippen LogP contribution is -2.44. The molecule has 95 heavy (non-hydrogen) atoms. The van der Waals surface area contributed by atoms with Gasteiger partial charge in [0, 0.05) is 86.2 Å². The molecule has 2 heterocycles. The Balaban J connectivity index is 0.655. The van der Waals surface area contributed by atoms with Crippen molar-refractivity contribution in [3.63, 3.8) is 0 Å². The van der Waals surface area contributed by atoms with Crippen molar-refractivity contribution < 1.29 is 57.4 Å². The van der Waals surface area contributed by atoms with Crippen molar-refractivity contribution in [3.05, 3.63) is 179 Å². The molecule has 0 spiro atoms. The molecule has 5 aliphatic rings. The number of esters is 2. The van der Waals surface area contributed by atoms with Crippen LogP contribution < -0.4 is 26.6 Å². The monoisotopic (exact) mass is 1300 g/mol. The van der Waals surface area contributed by atoms with Crippen molar-refractivity contribution in [2.24, 2.45) is 23.7 Å². The minimum Gasteiger partial charge on any atom is -0.464 e. The van der Waals surface area contributed by atoms with Crippen LogP contribution in [-0.2, 0) is 49.6 Å². The average Bonchev–Trinajstić information content (AvgIpc) is 1.75. The van der Waals surface area contributed by atoms with Crippen molar-refractivity contribution in [1.29, 1.82) is 0 Å². The molecule has 3 saturated carbocycles. The first-order valence-corrected chi connectivity index (χ1v) is 34.3. The predicted molar refractivity (Wildman–Crippen MR) is 358 cm³/mol. The second-order valence-electron chi connectivity index (χ2n) is 27.4. The lowest BCUT2D eigenvalue weighted by atomic mass is 9.94. The van der Waals surface area contributed by atoms with Gasteiger partial charge in [0.2, 0.25) is 23.6 Å². The van der Waals surface area contributed by atoms with E-state index in [4.69, 9.17) is 14.2 Å². The van der Waals surface area contributed by atoms with Gasteiger partial charge in [0.25, 0.3) is 11.8 Å². The Hall–Kier alpha value is -8.87. The van der Waals surface area contributed by atoms with Crippen LogP contribution in [0.2, 0.25) is 0 Å². The van der Waals surface area contributed by atoms with E-state index < -0.39 is 53.3 Å². The van der Waals surface area contributed by atoms with Gasteiger partial charge in [0.05, 0.1) is 30.3 Å². The first kappa shape index (κ1) is 69.0. The lowest BCUT2D eigenvalue weighted by Gasteiger charge is -2.23. The van der Waals surface area contributed by atoms with E-state index >= 15 is 0 Å². The van der Waals surface area contributed by atoms with Gasteiger partial charge in [-0.25, -0.2) is 9.59 Å². The van der Waals surface area contributed by atoms with Gasteiger partial charge in [-0.05, 0) is 106 Å². The maximum Gasteiger partial charge on any atom is 0.408 e. The zero-order chi connectivity index (χ0) is 66.8. The quantitative estimate of drug-likeness (QED) is 0.0153.